The van der Waals surface area contributed by atoms with Gasteiger partial charge in [0.2, 0.25) is 21.9 Å². The molecule has 4 heterocycles. The highest BCUT2D eigenvalue weighted by Gasteiger charge is 2.61. The largest absolute Gasteiger partial charge is 0.490 e. The third-order valence-electron chi connectivity index (χ3n) is 7.37. The zero-order chi connectivity index (χ0) is 27.0. The molecule has 200 valence electrons. The topological polar surface area (TPSA) is 124 Å². The lowest BCUT2D eigenvalue weighted by atomic mass is 9.75. The number of hydrogen-bond donors (Lipinski definition) is 1. The van der Waals surface area contributed by atoms with Crippen LogP contribution < -0.4 is 4.90 Å². The Labute approximate surface area is 211 Å². The Morgan fingerprint density at radius 1 is 1.05 bits per heavy atom. The van der Waals surface area contributed by atoms with Crippen LogP contribution in [0, 0.1) is 11.8 Å². The predicted molar refractivity (Wildman–Crippen MR) is 125 cm³/mol. The lowest BCUT2D eigenvalue weighted by Gasteiger charge is -2.46. The summed E-state index contributed by atoms with van der Waals surface area (Å²) in [5.41, 5.74) is -0.312. The van der Waals surface area contributed by atoms with Crippen molar-refractivity contribution >= 4 is 27.8 Å². The van der Waals surface area contributed by atoms with Gasteiger partial charge in [-0.15, -0.1) is 0 Å². The molecule has 3 saturated heterocycles. The number of benzene rings is 1. The molecule has 14 heteroatoms. The van der Waals surface area contributed by atoms with Gasteiger partial charge in [-0.05, 0) is 31.0 Å². The molecule has 1 amide bonds. The summed E-state index contributed by atoms with van der Waals surface area (Å²) in [5, 5.41) is 7.12. The molecule has 0 radical (unpaired) electrons. The quantitative estimate of drug-likeness (QED) is 0.625. The molecule has 2 atom stereocenters. The summed E-state index contributed by atoms with van der Waals surface area (Å²) in [4.78, 5) is 35.0. The van der Waals surface area contributed by atoms with Crippen molar-refractivity contribution in [2.24, 2.45) is 11.8 Å². The van der Waals surface area contributed by atoms with Gasteiger partial charge in [-0.25, -0.2) is 23.2 Å². The van der Waals surface area contributed by atoms with E-state index in [4.69, 9.17) is 9.90 Å². The first-order valence-corrected chi connectivity index (χ1v) is 13.0. The van der Waals surface area contributed by atoms with Crippen molar-refractivity contribution in [2.45, 2.75) is 29.5 Å². The molecule has 5 rings (SSSR count). The van der Waals surface area contributed by atoms with Crippen molar-refractivity contribution in [1.82, 2.24) is 19.2 Å². The van der Waals surface area contributed by atoms with Gasteiger partial charge in [-0.3, -0.25) is 4.79 Å². The fraction of sp³-hybridized carbons (Fsp3) is 0.478. The summed E-state index contributed by atoms with van der Waals surface area (Å²) in [6.45, 7) is 2.17. The minimum Gasteiger partial charge on any atom is -0.475 e. The minimum atomic E-state index is -5.08. The lowest BCUT2D eigenvalue weighted by Crippen LogP contribution is -2.56. The van der Waals surface area contributed by atoms with E-state index in [1.54, 1.807) is 47.0 Å². The minimum absolute atomic E-state index is 0.0870. The summed E-state index contributed by atoms with van der Waals surface area (Å²) >= 11 is 0. The molecule has 1 spiro atoms. The molecule has 3 aliphatic heterocycles. The number of carboxylic acids is 1. The van der Waals surface area contributed by atoms with Crippen molar-refractivity contribution in [3.8, 4) is 0 Å². The molecule has 10 nitrogen and oxygen atoms in total. The molecular formula is C23H26F3N5O5S. The normalized spacial score (nSPS) is 23.5. The second-order valence-electron chi connectivity index (χ2n) is 9.19. The van der Waals surface area contributed by atoms with E-state index in [1.807, 2.05) is 18.0 Å². The van der Waals surface area contributed by atoms with Gasteiger partial charge in [0.25, 0.3) is 0 Å². The number of aromatic nitrogens is 2. The number of aliphatic carboxylic acids is 1. The second-order valence-corrected chi connectivity index (χ2v) is 11.1. The number of halogens is 3. The third kappa shape index (κ3) is 4.99. The molecule has 2 aromatic rings. The van der Waals surface area contributed by atoms with Crippen molar-refractivity contribution < 1.29 is 36.3 Å². The van der Waals surface area contributed by atoms with Gasteiger partial charge in [-0.2, -0.15) is 17.5 Å². The molecule has 3 fully saturated rings. The summed E-state index contributed by atoms with van der Waals surface area (Å²) in [6, 6.07) is 10.3. The average molecular weight is 542 g/mol. The van der Waals surface area contributed by atoms with Crippen molar-refractivity contribution in [3.63, 3.8) is 0 Å². The number of carbonyl (C=O) groups is 2. The number of alkyl halides is 3. The first-order chi connectivity index (χ1) is 17.4. The van der Waals surface area contributed by atoms with Gasteiger partial charge in [0.15, 0.2) is 0 Å². The molecule has 1 N–H and O–H groups in total. The number of anilines is 1. The van der Waals surface area contributed by atoms with E-state index < -0.39 is 22.2 Å². The van der Waals surface area contributed by atoms with Crippen LogP contribution in [0.2, 0.25) is 0 Å². The molecular weight excluding hydrogens is 515 g/mol. The van der Waals surface area contributed by atoms with E-state index in [0.717, 1.165) is 6.54 Å². The smallest absolute Gasteiger partial charge is 0.475 e. The Morgan fingerprint density at radius 2 is 1.62 bits per heavy atom. The van der Waals surface area contributed by atoms with Crippen LogP contribution >= 0.6 is 0 Å². The van der Waals surface area contributed by atoms with Crippen LogP contribution in [0.5, 0.6) is 0 Å². The van der Waals surface area contributed by atoms with E-state index in [1.165, 1.54) is 0 Å². The highest BCUT2D eigenvalue weighted by molar-refractivity contribution is 7.89. The van der Waals surface area contributed by atoms with Crippen molar-refractivity contribution in [2.75, 3.05) is 38.1 Å². The van der Waals surface area contributed by atoms with Gasteiger partial charge in [0.05, 0.1) is 16.4 Å². The van der Waals surface area contributed by atoms with E-state index in [2.05, 4.69) is 14.9 Å². The maximum absolute atomic E-state index is 13.1. The molecule has 0 unspecified atom stereocenters. The van der Waals surface area contributed by atoms with Crippen LogP contribution in [-0.2, 0) is 19.6 Å². The molecule has 3 aliphatic rings. The van der Waals surface area contributed by atoms with E-state index in [9.17, 15) is 26.4 Å². The number of fused-ring (bicyclic) bond motifs is 2. The van der Waals surface area contributed by atoms with Crippen LogP contribution in [0.3, 0.4) is 0 Å². The Kier molecular flexibility index (Phi) is 7.16. The fourth-order valence-corrected chi connectivity index (χ4v) is 6.96. The number of sulfonamides is 1. The molecule has 0 aliphatic carbocycles. The lowest BCUT2D eigenvalue weighted by molar-refractivity contribution is -0.192. The fourth-order valence-electron chi connectivity index (χ4n) is 5.49. The summed E-state index contributed by atoms with van der Waals surface area (Å²) in [5.74, 6) is -1.89. The molecule has 1 aromatic carbocycles. The third-order valence-corrected chi connectivity index (χ3v) is 9.29. The monoisotopic (exact) mass is 541 g/mol. The number of rotatable bonds is 3. The number of likely N-dealkylation sites (tertiary alicyclic amines) is 1. The number of carboxylic acid groups (broad SMARTS) is 1. The van der Waals surface area contributed by atoms with E-state index >= 15 is 0 Å². The Bertz CT molecular complexity index is 1240. The zero-order valence-electron chi connectivity index (χ0n) is 19.9. The van der Waals surface area contributed by atoms with Gasteiger partial charge in [0, 0.05) is 51.5 Å². The summed E-state index contributed by atoms with van der Waals surface area (Å²) < 4.78 is 59.3. The number of hydrogen-bond acceptors (Lipinski definition) is 7. The Morgan fingerprint density at radius 3 is 2.16 bits per heavy atom. The average Bonchev–Trinajstić information content (AvgIpc) is 3.41. The highest BCUT2D eigenvalue weighted by Crippen LogP contribution is 2.49. The van der Waals surface area contributed by atoms with Crippen LogP contribution in [0.25, 0.3) is 0 Å². The summed E-state index contributed by atoms with van der Waals surface area (Å²) in [7, 11) is -1.64. The number of nitrogens with zero attached hydrogens (tertiary/aromatic N) is 5. The van der Waals surface area contributed by atoms with Crippen LogP contribution in [0.1, 0.15) is 12.8 Å². The highest BCUT2D eigenvalue weighted by atomic mass is 32.2. The standard InChI is InChI=1S/C21H25N5O3S.C2HF3O2/c1-24-19(27)17-14-25(20-22-10-5-11-23-20)15-18(17)21(24)8-12-26(13-9-21)30(28,29)16-6-3-2-4-7-16;3-2(4,5)1(6)7/h2-7,10-11,17-18H,8-9,12-15H2,1H3;(H,6,7)/t17-,18+;/m0./s1. The van der Waals surface area contributed by atoms with Crippen LogP contribution in [0.4, 0.5) is 19.1 Å². The van der Waals surface area contributed by atoms with Crippen LogP contribution in [-0.4, -0.2) is 89.5 Å². The van der Waals surface area contributed by atoms with Crippen molar-refractivity contribution in [3.05, 3.63) is 48.8 Å². The Hall–Kier alpha value is -3.26. The van der Waals surface area contributed by atoms with E-state index in [0.29, 0.717) is 43.3 Å². The predicted octanol–water partition coefficient (Wildman–Crippen LogP) is 1.86. The number of piperidine rings is 1. The van der Waals surface area contributed by atoms with Gasteiger partial charge < -0.3 is 14.9 Å². The number of carbonyl (C=O) groups excluding carboxylic acids is 1. The van der Waals surface area contributed by atoms with Gasteiger partial charge in [0.1, 0.15) is 0 Å². The van der Waals surface area contributed by atoms with Gasteiger partial charge in [-0.1, -0.05) is 18.2 Å². The molecule has 0 bridgehead atoms. The van der Waals surface area contributed by atoms with Crippen molar-refractivity contribution in [1.29, 1.82) is 0 Å². The molecule has 37 heavy (non-hydrogen) atoms. The van der Waals surface area contributed by atoms with E-state index in [-0.39, 0.29) is 23.3 Å². The SMILES string of the molecule is CN1C(=O)[C@H]2CN(c3ncccn3)C[C@H]2C12CCN(S(=O)(=O)c1ccccc1)CC2.O=C(O)C(F)(F)F. The molecule has 0 saturated carbocycles. The number of amides is 1. The van der Waals surface area contributed by atoms with Crippen LogP contribution in [0.15, 0.2) is 53.7 Å². The maximum Gasteiger partial charge on any atom is 0.490 e. The van der Waals surface area contributed by atoms with Gasteiger partial charge >= 0.3 is 12.1 Å². The maximum atomic E-state index is 13.1. The zero-order valence-corrected chi connectivity index (χ0v) is 20.7. The Balaban J connectivity index is 0.000000405. The first kappa shape index (κ1) is 26.8. The first-order valence-electron chi connectivity index (χ1n) is 11.5. The summed E-state index contributed by atoms with van der Waals surface area (Å²) in [6.07, 6.45) is -0.363. The second kappa shape index (κ2) is 9.89. The molecule has 1 aromatic heterocycles.